The second-order valence-electron chi connectivity index (χ2n) is 4.17. The lowest BCUT2D eigenvalue weighted by molar-refractivity contribution is 0.0482. The van der Waals surface area contributed by atoms with Crippen LogP contribution in [-0.4, -0.2) is 12.7 Å². The summed E-state index contributed by atoms with van der Waals surface area (Å²) in [5, 5.41) is 0. The minimum atomic E-state index is 0.489. The van der Waals surface area contributed by atoms with Crippen molar-refractivity contribution in [3.8, 4) is 0 Å². The van der Waals surface area contributed by atoms with Crippen molar-refractivity contribution in [3.05, 3.63) is 24.3 Å². The van der Waals surface area contributed by atoms with E-state index >= 15 is 0 Å². The van der Waals surface area contributed by atoms with Crippen LogP contribution in [0.4, 0.5) is 0 Å². The standard InChI is InChI=1S/C12H18O/c1-3-5-13-12-8-9-6-10(4-2)11(12)7-9/h3-4,9,11-12H,1,5-8H2,2H3. The Morgan fingerprint density at radius 2 is 2.38 bits per heavy atom. The maximum Gasteiger partial charge on any atom is 0.0648 e. The van der Waals surface area contributed by atoms with Crippen LogP contribution in [0.25, 0.3) is 0 Å². The van der Waals surface area contributed by atoms with E-state index in [0.29, 0.717) is 12.7 Å². The van der Waals surface area contributed by atoms with Gasteiger partial charge in [0.2, 0.25) is 0 Å². The summed E-state index contributed by atoms with van der Waals surface area (Å²) in [5.41, 5.74) is 1.63. The molecule has 3 unspecified atom stereocenters. The number of hydrogen-bond acceptors (Lipinski definition) is 1. The number of hydrogen-bond donors (Lipinski definition) is 0. The first-order valence-electron chi connectivity index (χ1n) is 5.22. The lowest BCUT2D eigenvalue weighted by Crippen LogP contribution is -2.22. The van der Waals surface area contributed by atoms with Crippen molar-refractivity contribution in [1.82, 2.24) is 0 Å². The van der Waals surface area contributed by atoms with Gasteiger partial charge in [-0.2, -0.15) is 0 Å². The molecule has 0 heterocycles. The first-order chi connectivity index (χ1) is 6.35. The van der Waals surface area contributed by atoms with Crippen LogP contribution in [0, 0.1) is 11.8 Å². The average Bonchev–Trinajstić information content (AvgIpc) is 2.72. The molecule has 3 atom stereocenters. The molecule has 1 nitrogen and oxygen atoms in total. The highest BCUT2D eigenvalue weighted by atomic mass is 16.5. The number of rotatable bonds is 3. The Morgan fingerprint density at radius 3 is 3.00 bits per heavy atom. The molecule has 0 aromatic rings. The zero-order chi connectivity index (χ0) is 9.26. The maximum atomic E-state index is 5.76. The molecular formula is C12H18O. The fourth-order valence-electron chi connectivity index (χ4n) is 2.85. The Morgan fingerprint density at radius 1 is 1.54 bits per heavy atom. The molecule has 0 saturated heterocycles. The normalized spacial score (nSPS) is 40.1. The SMILES string of the molecule is C=CCOC1CC2CC(=CC)C1C2. The predicted octanol–water partition coefficient (Wildman–Crippen LogP) is 2.93. The van der Waals surface area contributed by atoms with Crippen LogP contribution < -0.4 is 0 Å². The Bertz CT molecular complexity index is 229. The molecule has 0 N–H and O–H groups in total. The van der Waals surface area contributed by atoms with E-state index in [9.17, 15) is 0 Å². The number of allylic oxidation sites excluding steroid dienone is 1. The largest absolute Gasteiger partial charge is 0.374 e. The van der Waals surface area contributed by atoms with E-state index in [1.165, 1.54) is 19.3 Å². The molecule has 2 aliphatic carbocycles. The van der Waals surface area contributed by atoms with E-state index in [1.807, 2.05) is 6.08 Å². The van der Waals surface area contributed by atoms with Crippen molar-refractivity contribution >= 4 is 0 Å². The third-order valence-electron chi connectivity index (χ3n) is 3.40. The van der Waals surface area contributed by atoms with E-state index in [-0.39, 0.29) is 0 Å². The zero-order valence-electron chi connectivity index (χ0n) is 8.33. The molecule has 2 rings (SSSR count). The van der Waals surface area contributed by atoms with Crippen LogP contribution in [0.2, 0.25) is 0 Å². The highest BCUT2D eigenvalue weighted by molar-refractivity contribution is 5.18. The summed E-state index contributed by atoms with van der Waals surface area (Å²) in [6, 6.07) is 0. The van der Waals surface area contributed by atoms with Gasteiger partial charge in [0.25, 0.3) is 0 Å². The Hall–Kier alpha value is -0.560. The predicted molar refractivity (Wildman–Crippen MR) is 54.5 cm³/mol. The van der Waals surface area contributed by atoms with E-state index < -0.39 is 0 Å². The molecule has 0 amide bonds. The Balaban J connectivity index is 1.97. The Kier molecular flexibility index (Phi) is 2.54. The highest BCUT2D eigenvalue weighted by Gasteiger charge is 2.42. The summed E-state index contributed by atoms with van der Waals surface area (Å²) < 4.78 is 5.76. The molecule has 13 heavy (non-hydrogen) atoms. The van der Waals surface area contributed by atoms with Gasteiger partial charge in [0.1, 0.15) is 0 Å². The zero-order valence-corrected chi connectivity index (χ0v) is 8.33. The highest BCUT2D eigenvalue weighted by Crippen LogP contribution is 2.49. The molecule has 0 aromatic carbocycles. The number of fused-ring (bicyclic) bond motifs is 2. The van der Waals surface area contributed by atoms with E-state index in [2.05, 4.69) is 19.6 Å². The van der Waals surface area contributed by atoms with Gasteiger partial charge in [-0.3, -0.25) is 0 Å². The van der Waals surface area contributed by atoms with Crippen molar-refractivity contribution in [2.45, 2.75) is 32.3 Å². The van der Waals surface area contributed by atoms with Gasteiger partial charge in [0.05, 0.1) is 12.7 Å². The van der Waals surface area contributed by atoms with Crippen LogP contribution in [0.3, 0.4) is 0 Å². The quantitative estimate of drug-likeness (QED) is 0.604. The molecule has 2 fully saturated rings. The van der Waals surface area contributed by atoms with Crippen LogP contribution in [0.15, 0.2) is 24.3 Å². The third kappa shape index (κ3) is 1.58. The van der Waals surface area contributed by atoms with Gasteiger partial charge in [0, 0.05) is 5.92 Å². The molecule has 2 bridgehead atoms. The lowest BCUT2D eigenvalue weighted by atomic mass is 9.92. The van der Waals surface area contributed by atoms with E-state index in [0.717, 1.165) is 11.8 Å². The van der Waals surface area contributed by atoms with Crippen molar-refractivity contribution in [2.24, 2.45) is 11.8 Å². The molecule has 0 spiro atoms. The van der Waals surface area contributed by atoms with Gasteiger partial charge >= 0.3 is 0 Å². The van der Waals surface area contributed by atoms with Crippen molar-refractivity contribution in [1.29, 1.82) is 0 Å². The van der Waals surface area contributed by atoms with Gasteiger partial charge in [0.15, 0.2) is 0 Å². The monoisotopic (exact) mass is 178 g/mol. The molecule has 72 valence electrons. The Labute approximate surface area is 80.5 Å². The van der Waals surface area contributed by atoms with Crippen LogP contribution in [0.5, 0.6) is 0 Å². The topological polar surface area (TPSA) is 9.23 Å². The van der Waals surface area contributed by atoms with Gasteiger partial charge in [-0.05, 0) is 32.1 Å². The second-order valence-corrected chi connectivity index (χ2v) is 4.17. The third-order valence-corrected chi connectivity index (χ3v) is 3.40. The minimum Gasteiger partial charge on any atom is -0.374 e. The number of ether oxygens (including phenoxy) is 1. The molecule has 2 saturated carbocycles. The molecule has 0 aliphatic heterocycles. The molecule has 1 heteroatoms. The van der Waals surface area contributed by atoms with Gasteiger partial charge in [-0.1, -0.05) is 17.7 Å². The molecular weight excluding hydrogens is 160 g/mol. The molecule has 0 radical (unpaired) electrons. The van der Waals surface area contributed by atoms with Crippen LogP contribution in [-0.2, 0) is 4.74 Å². The minimum absolute atomic E-state index is 0.489. The van der Waals surface area contributed by atoms with Gasteiger partial charge in [-0.25, -0.2) is 0 Å². The summed E-state index contributed by atoms with van der Waals surface area (Å²) in [7, 11) is 0. The summed E-state index contributed by atoms with van der Waals surface area (Å²) in [5.74, 6) is 1.64. The van der Waals surface area contributed by atoms with E-state index in [4.69, 9.17) is 4.74 Å². The van der Waals surface area contributed by atoms with E-state index in [1.54, 1.807) is 5.57 Å². The summed E-state index contributed by atoms with van der Waals surface area (Å²) in [6.07, 6.45) is 8.59. The molecule has 2 aliphatic rings. The summed E-state index contributed by atoms with van der Waals surface area (Å²) in [6.45, 7) is 6.55. The fraction of sp³-hybridized carbons (Fsp3) is 0.667. The molecule has 0 aromatic heterocycles. The first kappa shape index (κ1) is 9.01. The van der Waals surface area contributed by atoms with Gasteiger partial charge < -0.3 is 4.74 Å². The maximum absolute atomic E-state index is 5.76. The summed E-state index contributed by atoms with van der Waals surface area (Å²) >= 11 is 0. The second kappa shape index (κ2) is 3.67. The summed E-state index contributed by atoms with van der Waals surface area (Å²) in [4.78, 5) is 0. The first-order valence-corrected chi connectivity index (χ1v) is 5.22. The van der Waals surface area contributed by atoms with Crippen LogP contribution >= 0.6 is 0 Å². The average molecular weight is 178 g/mol. The fourth-order valence-corrected chi connectivity index (χ4v) is 2.85. The smallest absolute Gasteiger partial charge is 0.0648 e. The van der Waals surface area contributed by atoms with Crippen LogP contribution in [0.1, 0.15) is 26.2 Å². The van der Waals surface area contributed by atoms with Gasteiger partial charge in [-0.15, -0.1) is 6.58 Å². The van der Waals surface area contributed by atoms with Crippen molar-refractivity contribution in [3.63, 3.8) is 0 Å². The lowest BCUT2D eigenvalue weighted by Gasteiger charge is -2.23. The van der Waals surface area contributed by atoms with Crippen molar-refractivity contribution in [2.75, 3.05) is 6.61 Å². The van der Waals surface area contributed by atoms with Crippen molar-refractivity contribution < 1.29 is 4.74 Å².